The Bertz CT molecular complexity index is 676. The van der Waals surface area contributed by atoms with Crippen molar-refractivity contribution in [3.05, 3.63) is 44.2 Å². The average molecular weight is 300 g/mol. The minimum absolute atomic E-state index is 0.0116. The number of aromatic amines is 1. The number of nitrogens with one attached hydrogen (secondary N) is 1. The molecule has 0 atom stereocenters. The van der Waals surface area contributed by atoms with Gasteiger partial charge in [0.2, 0.25) is 0 Å². The Kier molecular flexibility index (Phi) is 2.33. The number of H-pyrrole nitrogens is 1. The molecule has 1 N–H and O–H groups in total. The summed E-state index contributed by atoms with van der Waals surface area (Å²) < 4.78 is 27.0. The fourth-order valence-electron chi connectivity index (χ4n) is 1.96. The molecular weight excluding hydrogens is 292 g/mol. The van der Waals surface area contributed by atoms with Crippen LogP contribution in [0.3, 0.4) is 0 Å². The fourth-order valence-corrected chi connectivity index (χ4v) is 2.47. The third kappa shape index (κ3) is 1.69. The summed E-state index contributed by atoms with van der Waals surface area (Å²) in [6.07, 6.45) is 2.01. The van der Waals surface area contributed by atoms with Gasteiger partial charge in [-0.2, -0.15) is 0 Å². The van der Waals surface area contributed by atoms with E-state index in [2.05, 4.69) is 20.9 Å². The Hall–Kier alpha value is -1.23. The van der Waals surface area contributed by atoms with E-state index < -0.39 is 11.6 Å². The summed E-state index contributed by atoms with van der Waals surface area (Å²) >= 11 is 2.98. The highest BCUT2D eigenvalue weighted by Gasteiger charge is 2.26. The van der Waals surface area contributed by atoms with Crippen molar-refractivity contribution in [1.82, 2.24) is 4.98 Å². The smallest absolute Gasteiger partial charge is 0.191 e. The molecule has 17 heavy (non-hydrogen) atoms. The van der Waals surface area contributed by atoms with Crippen molar-refractivity contribution in [3.63, 3.8) is 0 Å². The quantitative estimate of drug-likeness (QED) is 0.804. The van der Waals surface area contributed by atoms with Crippen LogP contribution in [0.5, 0.6) is 0 Å². The van der Waals surface area contributed by atoms with Crippen molar-refractivity contribution < 1.29 is 8.78 Å². The maximum atomic E-state index is 13.6. The lowest BCUT2D eigenvalue weighted by molar-refractivity contribution is 0.586. The molecule has 2 aromatic rings. The number of hydrogen-bond acceptors (Lipinski definition) is 1. The molecule has 0 aliphatic heterocycles. The molecule has 3 rings (SSSR count). The van der Waals surface area contributed by atoms with E-state index in [4.69, 9.17) is 0 Å². The second-order valence-electron chi connectivity index (χ2n) is 4.27. The van der Waals surface area contributed by atoms with E-state index in [9.17, 15) is 13.6 Å². The largest absolute Gasteiger partial charge is 0.356 e. The normalized spacial score (nSPS) is 15.5. The van der Waals surface area contributed by atoms with Gasteiger partial charge in [-0.1, -0.05) is 0 Å². The Labute approximate surface area is 104 Å². The highest BCUT2D eigenvalue weighted by atomic mass is 79.9. The van der Waals surface area contributed by atoms with Gasteiger partial charge in [0.1, 0.15) is 11.6 Å². The molecule has 0 radical (unpaired) electrons. The molecule has 2 nitrogen and oxygen atoms in total. The zero-order valence-corrected chi connectivity index (χ0v) is 10.3. The first-order valence-corrected chi connectivity index (χ1v) is 6.07. The van der Waals surface area contributed by atoms with Gasteiger partial charge in [-0.3, -0.25) is 4.79 Å². The van der Waals surface area contributed by atoms with E-state index in [1.54, 1.807) is 0 Å². The molecular formula is C12H8BrF2NO. The standard InChI is InChI=1S/C12H8BrF2NO/c13-11-6(14)3-7(15)12-10(11)9(17)4-8(16-12)5-1-2-5/h3-5H,1-2H2,(H,16,17). The van der Waals surface area contributed by atoms with E-state index >= 15 is 0 Å². The SMILES string of the molecule is O=c1cc(C2CC2)[nH]c2c(F)cc(F)c(Br)c12. The van der Waals surface area contributed by atoms with Gasteiger partial charge < -0.3 is 4.98 Å². The lowest BCUT2D eigenvalue weighted by Crippen LogP contribution is -2.07. The van der Waals surface area contributed by atoms with Gasteiger partial charge in [-0.15, -0.1) is 0 Å². The minimum atomic E-state index is -0.764. The third-order valence-electron chi connectivity index (χ3n) is 2.99. The first-order valence-electron chi connectivity index (χ1n) is 5.28. The van der Waals surface area contributed by atoms with Crippen LogP contribution >= 0.6 is 15.9 Å². The van der Waals surface area contributed by atoms with E-state index in [-0.39, 0.29) is 20.8 Å². The molecule has 1 aromatic carbocycles. The van der Waals surface area contributed by atoms with Crippen LogP contribution < -0.4 is 5.43 Å². The summed E-state index contributed by atoms with van der Waals surface area (Å²) in [6.45, 7) is 0. The highest BCUT2D eigenvalue weighted by molar-refractivity contribution is 9.10. The Morgan fingerprint density at radius 3 is 2.59 bits per heavy atom. The average Bonchev–Trinajstić information content (AvgIpc) is 3.09. The molecule has 0 amide bonds. The number of fused-ring (bicyclic) bond motifs is 1. The van der Waals surface area contributed by atoms with Gasteiger partial charge >= 0.3 is 0 Å². The first kappa shape index (κ1) is 10.9. The molecule has 1 heterocycles. The second kappa shape index (κ2) is 3.63. The third-order valence-corrected chi connectivity index (χ3v) is 3.77. The van der Waals surface area contributed by atoms with Crippen molar-refractivity contribution in [3.8, 4) is 0 Å². The van der Waals surface area contributed by atoms with Crippen LogP contribution in [-0.2, 0) is 0 Å². The fraction of sp³-hybridized carbons (Fsp3) is 0.250. The number of hydrogen-bond donors (Lipinski definition) is 1. The van der Waals surface area contributed by atoms with Crippen LogP contribution in [0.1, 0.15) is 24.5 Å². The number of aromatic nitrogens is 1. The van der Waals surface area contributed by atoms with Gasteiger partial charge in [-0.05, 0) is 34.7 Å². The number of benzene rings is 1. The molecule has 0 saturated heterocycles. The van der Waals surface area contributed by atoms with E-state index in [0.717, 1.165) is 24.6 Å². The predicted molar refractivity (Wildman–Crippen MR) is 64.2 cm³/mol. The summed E-state index contributed by atoms with van der Waals surface area (Å²) in [5, 5.41) is 0.0342. The second-order valence-corrected chi connectivity index (χ2v) is 5.06. The zero-order chi connectivity index (χ0) is 12.2. The number of halogens is 3. The van der Waals surface area contributed by atoms with Crippen LogP contribution in [-0.4, -0.2) is 4.98 Å². The predicted octanol–water partition coefficient (Wildman–Crippen LogP) is 3.45. The van der Waals surface area contributed by atoms with E-state index in [1.807, 2.05) is 0 Å². The molecule has 1 fully saturated rings. The Morgan fingerprint density at radius 2 is 1.94 bits per heavy atom. The summed E-state index contributed by atoms with van der Waals surface area (Å²) in [4.78, 5) is 14.8. The molecule has 0 spiro atoms. The van der Waals surface area contributed by atoms with Gasteiger partial charge in [0.25, 0.3) is 0 Å². The lowest BCUT2D eigenvalue weighted by atomic mass is 10.1. The van der Waals surface area contributed by atoms with Crippen LogP contribution in [0.4, 0.5) is 8.78 Å². The molecule has 1 aromatic heterocycles. The van der Waals surface area contributed by atoms with Crippen molar-refractivity contribution in [2.24, 2.45) is 0 Å². The van der Waals surface area contributed by atoms with Crippen LogP contribution in [0.2, 0.25) is 0 Å². The van der Waals surface area contributed by atoms with Gasteiger partial charge in [0.15, 0.2) is 5.43 Å². The molecule has 0 bridgehead atoms. The molecule has 1 saturated carbocycles. The zero-order valence-electron chi connectivity index (χ0n) is 8.69. The molecule has 5 heteroatoms. The summed E-state index contributed by atoms with van der Waals surface area (Å²) in [6, 6.07) is 2.21. The Morgan fingerprint density at radius 1 is 1.24 bits per heavy atom. The van der Waals surface area contributed by atoms with Gasteiger partial charge in [0.05, 0.1) is 15.4 Å². The van der Waals surface area contributed by atoms with E-state index in [0.29, 0.717) is 5.92 Å². The van der Waals surface area contributed by atoms with Crippen LogP contribution in [0, 0.1) is 11.6 Å². The monoisotopic (exact) mass is 299 g/mol. The van der Waals surface area contributed by atoms with Crippen LogP contribution in [0.15, 0.2) is 21.4 Å². The summed E-state index contributed by atoms with van der Waals surface area (Å²) in [5.41, 5.74) is 0.457. The van der Waals surface area contributed by atoms with Crippen molar-refractivity contribution in [1.29, 1.82) is 0 Å². The minimum Gasteiger partial charge on any atom is -0.356 e. The number of rotatable bonds is 1. The Balaban J connectivity index is 2.42. The van der Waals surface area contributed by atoms with E-state index in [1.165, 1.54) is 6.07 Å². The molecule has 0 unspecified atom stereocenters. The number of pyridine rings is 1. The van der Waals surface area contributed by atoms with Gasteiger partial charge in [-0.25, -0.2) is 8.78 Å². The summed E-state index contributed by atoms with van der Waals surface area (Å²) in [7, 11) is 0. The highest BCUT2D eigenvalue weighted by Crippen LogP contribution is 2.39. The van der Waals surface area contributed by atoms with Crippen molar-refractivity contribution >= 4 is 26.8 Å². The molecule has 88 valence electrons. The molecule has 1 aliphatic rings. The van der Waals surface area contributed by atoms with Crippen molar-refractivity contribution in [2.75, 3.05) is 0 Å². The topological polar surface area (TPSA) is 32.9 Å². The van der Waals surface area contributed by atoms with Crippen LogP contribution in [0.25, 0.3) is 10.9 Å². The van der Waals surface area contributed by atoms with Crippen molar-refractivity contribution in [2.45, 2.75) is 18.8 Å². The first-order chi connectivity index (χ1) is 8.08. The maximum absolute atomic E-state index is 13.6. The van der Waals surface area contributed by atoms with Gasteiger partial charge in [0, 0.05) is 17.8 Å². The molecule has 1 aliphatic carbocycles. The summed E-state index contributed by atoms with van der Waals surface area (Å²) in [5.74, 6) is -1.18. The lowest BCUT2D eigenvalue weighted by Gasteiger charge is -2.06. The maximum Gasteiger partial charge on any atom is 0.191 e.